The number of aryl methyl sites for hydroxylation is 1. The minimum atomic E-state index is -3.96. The Morgan fingerprint density at radius 3 is 2.43 bits per heavy atom. The molecule has 0 atom stereocenters. The highest BCUT2D eigenvalue weighted by Gasteiger charge is 2.22. The van der Waals surface area contributed by atoms with Crippen molar-refractivity contribution in [3.05, 3.63) is 30.6 Å². The molecule has 0 fully saturated rings. The van der Waals surface area contributed by atoms with Gasteiger partial charge in [-0.05, 0) is 18.2 Å². The van der Waals surface area contributed by atoms with Crippen molar-refractivity contribution in [2.24, 2.45) is 7.05 Å². The van der Waals surface area contributed by atoms with Crippen molar-refractivity contribution in [1.82, 2.24) is 9.55 Å². The van der Waals surface area contributed by atoms with Gasteiger partial charge < -0.3 is 10.3 Å². The van der Waals surface area contributed by atoms with E-state index in [0.717, 1.165) is 6.26 Å². The largest absolute Gasteiger partial charge is 0.381 e. The van der Waals surface area contributed by atoms with Crippen molar-refractivity contribution in [3.63, 3.8) is 0 Å². The van der Waals surface area contributed by atoms with Crippen molar-refractivity contribution in [2.45, 2.75) is 9.92 Å². The lowest BCUT2D eigenvalue weighted by atomic mass is 10.3. The molecule has 0 aliphatic carbocycles. The Labute approximate surface area is 122 Å². The molecule has 0 amide bonds. The second-order valence-electron chi connectivity index (χ2n) is 4.45. The van der Waals surface area contributed by atoms with Gasteiger partial charge in [-0.2, -0.15) is 8.42 Å². The van der Waals surface area contributed by atoms with Gasteiger partial charge >= 0.3 is 0 Å². The number of rotatable bonds is 4. The molecule has 1 heterocycles. The summed E-state index contributed by atoms with van der Waals surface area (Å²) in [7, 11) is -5.90. The monoisotopic (exact) mass is 330 g/mol. The highest BCUT2D eigenvalue weighted by Crippen LogP contribution is 2.21. The first-order chi connectivity index (χ1) is 9.61. The first kappa shape index (κ1) is 15.3. The van der Waals surface area contributed by atoms with Crippen LogP contribution >= 0.6 is 0 Å². The number of aromatic nitrogens is 2. The first-order valence-electron chi connectivity index (χ1n) is 5.71. The number of nitrogens with zero attached hydrogens (tertiary/aromatic N) is 2. The van der Waals surface area contributed by atoms with Crippen LogP contribution in [0.1, 0.15) is 0 Å². The van der Waals surface area contributed by atoms with Gasteiger partial charge in [0, 0.05) is 13.3 Å². The average Bonchev–Trinajstić information content (AvgIpc) is 2.68. The molecule has 1 aromatic heterocycles. The number of imidazole rings is 1. The minimum absolute atomic E-state index is 0.0145. The van der Waals surface area contributed by atoms with Gasteiger partial charge in [0.1, 0.15) is 0 Å². The van der Waals surface area contributed by atoms with Gasteiger partial charge in [0.2, 0.25) is 0 Å². The summed E-state index contributed by atoms with van der Waals surface area (Å²) in [6.45, 7) is 0. The summed E-state index contributed by atoms with van der Waals surface area (Å²) >= 11 is 0. The Morgan fingerprint density at radius 1 is 1.24 bits per heavy atom. The summed E-state index contributed by atoms with van der Waals surface area (Å²) < 4.78 is 51.0. The van der Waals surface area contributed by atoms with E-state index >= 15 is 0 Å². The van der Waals surface area contributed by atoms with Crippen LogP contribution in [-0.2, 0) is 26.9 Å². The molecular weight excluding hydrogens is 316 g/mol. The Balaban J connectivity index is 2.43. The number of benzene rings is 1. The predicted octanol–water partition coefficient (Wildman–Crippen LogP) is 0.207. The van der Waals surface area contributed by atoms with E-state index in [1.54, 1.807) is 0 Å². The number of nitrogens with two attached hydrogens (primary N) is 1. The molecule has 0 spiro atoms. The zero-order chi connectivity index (χ0) is 15.8. The molecule has 2 rings (SSSR count). The standard InChI is InChI=1S/C11H14N4O4S2/c1-15-7-13-10(12)11(15)21(18,19)14-8-4-3-5-9(6-8)20(2,16)17/h3-7,14H,12H2,1-2H3. The molecule has 8 nitrogen and oxygen atoms in total. The normalized spacial score (nSPS) is 12.3. The van der Waals surface area contributed by atoms with Crippen LogP contribution in [0.2, 0.25) is 0 Å². The van der Waals surface area contributed by atoms with Gasteiger partial charge in [-0.25, -0.2) is 13.4 Å². The van der Waals surface area contributed by atoms with Crippen molar-refractivity contribution >= 4 is 31.4 Å². The number of hydrogen-bond donors (Lipinski definition) is 2. The van der Waals surface area contributed by atoms with E-state index in [1.165, 1.54) is 42.2 Å². The van der Waals surface area contributed by atoms with Gasteiger partial charge in [0.05, 0.1) is 16.9 Å². The summed E-state index contributed by atoms with van der Waals surface area (Å²) in [6, 6.07) is 5.50. The molecule has 114 valence electrons. The summed E-state index contributed by atoms with van der Waals surface area (Å²) in [5.74, 6) is -0.135. The number of sulfonamides is 1. The smallest absolute Gasteiger partial charge is 0.281 e. The van der Waals surface area contributed by atoms with E-state index in [0.29, 0.717) is 0 Å². The predicted molar refractivity (Wildman–Crippen MR) is 78.0 cm³/mol. The number of hydrogen-bond acceptors (Lipinski definition) is 6. The van der Waals surface area contributed by atoms with Gasteiger partial charge in [0.25, 0.3) is 10.0 Å². The molecule has 0 aliphatic heterocycles. The van der Waals surface area contributed by atoms with Crippen LogP contribution in [0.15, 0.2) is 40.5 Å². The number of sulfone groups is 1. The molecule has 0 radical (unpaired) electrons. The maximum Gasteiger partial charge on any atom is 0.281 e. The van der Waals surface area contributed by atoms with Crippen LogP contribution in [-0.4, -0.2) is 32.6 Å². The maximum atomic E-state index is 12.3. The van der Waals surface area contributed by atoms with Gasteiger partial charge in [-0.3, -0.25) is 4.72 Å². The van der Waals surface area contributed by atoms with Crippen molar-refractivity contribution in [1.29, 1.82) is 0 Å². The fraction of sp³-hybridized carbons (Fsp3) is 0.182. The van der Waals surface area contributed by atoms with Crippen LogP contribution in [0.5, 0.6) is 0 Å². The summed E-state index contributed by atoms with van der Waals surface area (Å²) in [5, 5.41) is -0.188. The van der Waals surface area contributed by atoms with Crippen LogP contribution in [0.25, 0.3) is 0 Å². The average molecular weight is 330 g/mol. The molecule has 1 aromatic carbocycles. The Bertz CT molecular complexity index is 865. The zero-order valence-corrected chi connectivity index (χ0v) is 12.9. The Hall–Kier alpha value is -2.07. The van der Waals surface area contributed by atoms with E-state index in [4.69, 9.17) is 5.73 Å². The first-order valence-corrected chi connectivity index (χ1v) is 9.08. The second-order valence-corrected chi connectivity index (χ2v) is 8.06. The minimum Gasteiger partial charge on any atom is -0.381 e. The number of nitrogens with one attached hydrogen (secondary N) is 1. The van der Waals surface area contributed by atoms with E-state index < -0.39 is 19.9 Å². The number of anilines is 2. The third-order valence-electron chi connectivity index (χ3n) is 2.68. The molecule has 0 unspecified atom stereocenters. The fourth-order valence-corrected chi connectivity index (χ4v) is 3.71. The molecule has 0 aliphatic rings. The summed E-state index contributed by atoms with van der Waals surface area (Å²) in [6.07, 6.45) is 2.32. The zero-order valence-electron chi connectivity index (χ0n) is 11.3. The molecule has 21 heavy (non-hydrogen) atoms. The van der Waals surface area contributed by atoms with Crippen LogP contribution in [0.4, 0.5) is 11.5 Å². The van der Waals surface area contributed by atoms with E-state index in [-0.39, 0.29) is 21.4 Å². The molecule has 0 saturated heterocycles. The van der Waals surface area contributed by atoms with E-state index in [2.05, 4.69) is 9.71 Å². The molecule has 0 saturated carbocycles. The van der Waals surface area contributed by atoms with E-state index in [9.17, 15) is 16.8 Å². The molecular formula is C11H14N4O4S2. The fourth-order valence-electron chi connectivity index (χ4n) is 1.76. The van der Waals surface area contributed by atoms with Gasteiger partial charge in [-0.1, -0.05) is 6.07 Å². The van der Waals surface area contributed by atoms with Crippen LogP contribution < -0.4 is 10.5 Å². The summed E-state index contributed by atoms with van der Waals surface area (Å²) in [5.41, 5.74) is 5.66. The van der Waals surface area contributed by atoms with Crippen molar-refractivity contribution in [3.8, 4) is 0 Å². The molecule has 10 heteroatoms. The highest BCUT2D eigenvalue weighted by atomic mass is 32.2. The Morgan fingerprint density at radius 2 is 1.90 bits per heavy atom. The summed E-state index contributed by atoms with van der Waals surface area (Å²) in [4.78, 5) is 3.72. The maximum absolute atomic E-state index is 12.3. The van der Waals surface area contributed by atoms with E-state index in [1.807, 2.05) is 0 Å². The quantitative estimate of drug-likeness (QED) is 0.825. The Kier molecular flexibility index (Phi) is 3.68. The third-order valence-corrected chi connectivity index (χ3v) is 5.30. The third kappa shape index (κ3) is 3.16. The van der Waals surface area contributed by atoms with Crippen LogP contribution in [0.3, 0.4) is 0 Å². The van der Waals surface area contributed by atoms with Crippen molar-refractivity contribution in [2.75, 3.05) is 16.7 Å². The lowest BCUT2D eigenvalue weighted by Crippen LogP contribution is -2.17. The number of nitrogen functional groups attached to an aromatic ring is 1. The van der Waals surface area contributed by atoms with Crippen LogP contribution in [0, 0.1) is 0 Å². The molecule has 3 N–H and O–H groups in total. The second kappa shape index (κ2) is 5.04. The van der Waals surface area contributed by atoms with Gasteiger partial charge in [0.15, 0.2) is 20.7 Å². The topological polar surface area (TPSA) is 124 Å². The van der Waals surface area contributed by atoms with Gasteiger partial charge in [-0.15, -0.1) is 0 Å². The van der Waals surface area contributed by atoms with Crippen molar-refractivity contribution < 1.29 is 16.8 Å². The highest BCUT2D eigenvalue weighted by molar-refractivity contribution is 7.92. The molecule has 2 aromatic rings. The molecule has 0 bridgehead atoms. The SMILES string of the molecule is Cn1cnc(N)c1S(=O)(=O)Nc1cccc(S(C)(=O)=O)c1. The lowest BCUT2D eigenvalue weighted by Gasteiger charge is -2.10. The lowest BCUT2D eigenvalue weighted by molar-refractivity contribution is 0.591.